The second-order valence-corrected chi connectivity index (χ2v) is 2.49. The zero-order valence-corrected chi connectivity index (χ0v) is 7.49. The van der Waals surface area contributed by atoms with Gasteiger partial charge in [0.05, 0.1) is 0 Å². The number of para-hydroxylation sites is 1. The molecule has 0 heterocycles. The van der Waals surface area contributed by atoms with Crippen molar-refractivity contribution in [2.45, 2.75) is 6.92 Å². The normalized spacial score (nSPS) is 9.31. The SMILES string of the molecule is C[CH]CNC(=O)Oc1ccccc1. The topological polar surface area (TPSA) is 38.3 Å². The van der Waals surface area contributed by atoms with Crippen molar-refractivity contribution in [2.75, 3.05) is 6.54 Å². The molecule has 0 fully saturated rings. The standard InChI is InChI=1S/C10H12NO2/c1-2-8-11-10(12)13-9-6-4-3-5-7-9/h2-7H,8H2,1H3,(H,11,12). The molecule has 1 aromatic rings. The highest BCUT2D eigenvalue weighted by atomic mass is 16.5. The Morgan fingerprint density at radius 2 is 2.15 bits per heavy atom. The van der Waals surface area contributed by atoms with Crippen LogP contribution in [0.2, 0.25) is 0 Å². The molecule has 0 aliphatic heterocycles. The van der Waals surface area contributed by atoms with E-state index in [1.807, 2.05) is 31.5 Å². The summed E-state index contributed by atoms with van der Waals surface area (Å²) >= 11 is 0. The molecule has 0 unspecified atom stereocenters. The molecule has 0 spiro atoms. The van der Waals surface area contributed by atoms with Crippen molar-refractivity contribution in [3.05, 3.63) is 36.8 Å². The van der Waals surface area contributed by atoms with Crippen LogP contribution in [0.1, 0.15) is 6.92 Å². The van der Waals surface area contributed by atoms with Gasteiger partial charge in [-0.2, -0.15) is 0 Å². The first-order valence-corrected chi connectivity index (χ1v) is 4.11. The lowest BCUT2D eigenvalue weighted by molar-refractivity contribution is 0.201. The molecule has 1 aromatic carbocycles. The van der Waals surface area contributed by atoms with Crippen LogP contribution < -0.4 is 10.1 Å². The quantitative estimate of drug-likeness (QED) is 0.768. The second kappa shape index (κ2) is 5.19. The molecule has 1 rings (SSSR count). The van der Waals surface area contributed by atoms with Crippen LogP contribution >= 0.6 is 0 Å². The largest absolute Gasteiger partial charge is 0.412 e. The molecule has 3 heteroatoms. The zero-order chi connectivity index (χ0) is 9.52. The fourth-order valence-electron chi connectivity index (χ4n) is 0.817. The fourth-order valence-corrected chi connectivity index (χ4v) is 0.817. The first-order valence-electron chi connectivity index (χ1n) is 4.11. The average molecular weight is 178 g/mol. The van der Waals surface area contributed by atoms with E-state index in [-0.39, 0.29) is 0 Å². The molecule has 1 amide bonds. The van der Waals surface area contributed by atoms with Crippen molar-refractivity contribution in [1.82, 2.24) is 5.32 Å². The first-order chi connectivity index (χ1) is 6.33. The first kappa shape index (κ1) is 9.58. The molecule has 69 valence electrons. The van der Waals surface area contributed by atoms with Crippen molar-refractivity contribution >= 4 is 6.09 Å². The van der Waals surface area contributed by atoms with E-state index in [2.05, 4.69) is 5.32 Å². The number of carbonyl (C=O) groups is 1. The Hall–Kier alpha value is -1.51. The van der Waals surface area contributed by atoms with Crippen molar-refractivity contribution in [3.8, 4) is 5.75 Å². The van der Waals surface area contributed by atoms with Gasteiger partial charge in [0.15, 0.2) is 0 Å². The molecule has 0 aromatic heterocycles. The molecule has 3 nitrogen and oxygen atoms in total. The van der Waals surface area contributed by atoms with Gasteiger partial charge in [-0.05, 0) is 18.6 Å². The van der Waals surface area contributed by atoms with Gasteiger partial charge in [0.2, 0.25) is 0 Å². The lowest BCUT2D eigenvalue weighted by Gasteiger charge is -2.04. The van der Waals surface area contributed by atoms with Gasteiger partial charge in [-0.3, -0.25) is 0 Å². The summed E-state index contributed by atoms with van der Waals surface area (Å²) in [6, 6.07) is 8.96. The van der Waals surface area contributed by atoms with Gasteiger partial charge in [0.1, 0.15) is 5.75 Å². The highest BCUT2D eigenvalue weighted by Crippen LogP contribution is 2.07. The molecule has 0 aliphatic rings. The molecule has 0 bridgehead atoms. The van der Waals surface area contributed by atoms with Crippen molar-refractivity contribution in [3.63, 3.8) is 0 Å². The minimum atomic E-state index is -0.427. The molecular formula is C10H12NO2. The molecule has 1 radical (unpaired) electrons. The molecular weight excluding hydrogens is 166 g/mol. The van der Waals surface area contributed by atoms with Gasteiger partial charge in [-0.25, -0.2) is 4.79 Å². The third-order valence-electron chi connectivity index (χ3n) is 1.40. The smallest absolute Gasteiger partial charge is 0.410 e. The summed E-state index contributed by atoms with van der Waals surface area (Å²) in [6.07, 6.45) is 1.41. The Morgan fingerprint density at radius 3 is 2.77 bits per heavy atom. The van der Waals surface area contributed by atoms with Gasteiger partial charge in [-0.15, -0.1) is 0 Å². The van der Waals surface area contributed by atoms with Crippen LogP contribution in [-0.2, 0) is 0 Å². The van der Waals surface area contributed by atoms with E-state index in [1.54, 1.807) is 12.1 Å². The molecule has 0 saturated carbocycles. The minimum Gasteiger partial charge on any atom is -0.410 e. The summed E-state index contributed by atoms with van der Waals surface area (Å²) in [6.45, 7) is 2.38. The van der Waals surface area contributed by atoms with Crippen molar-refractivity contribution in [1.29, 1.82) is 0 Å². The van der Waals surface area contributed by atoms with E-state index < -0.39 is 6.09 Å². The number of nitrogens with one attached hydrogen (secondary N) is 1. The number of benzene rings is 1. The molecule has 1 N–H and O–H groups in total. The van der Waals surface area contributed by atoms with Gasteiger partial charge < -0.3 is 10.1 Å². The van der Waals surface area contributed by atoms with Crippen LogP contribution in [0.15, 0.2) is 30.3 Å². The van der Waals surface area contributed by atoms with Crippen LogP contribution in [0, 0.1) is 6.42 Å². The highest BCUT2D eigenvalue weighted by Gasteiger charge is 2.00. The Balaban J connectivity index is 2.37. The summed E-state index contributed by atoms with van der Waals surface area (Å²) < 4.78 is 4.95. The summed E-state index contributed by atoms with van der Waals surface area (Å²) in [5, 5.41) is 2.56. The van der Waals surface area contributed by atoms with Crippen LogP contribution in [0.5, 0.6) is 5.75 Å². The number of ether oxygens (including phenoxy) is 1. The Morgan fingerprint density at radius 1 is 1.46 bits per heavy atom. The van der Waals surface area contributed by atoms with Gasteiger partial charge >= 0.3 is 6.09 Å². The Labute approximate surface area is 77.7 Å². The molecule has 13 heavy (non-hydrogen) atoms. The molecule has 0 saturated heterocycles. The van der Waals surface area contributed by atoms with Crippen LogP contribution in [0.25, 0.3) is 0 Å². The zero-order valence-electron chi connectivity index (χ0n) is 7.49. The summed E-state index contributed by atoms with van der Waals surface area (Å²) in [7, 11) is 0. The lowest BCUT2D eigenvalue weighted by atomic mass is 10.3. The summed E-state index contributed by atoms with van der Waals surface area (Å²) in [4.78, 5) is 11.0. The maximum Gasteiger partial charge on any atom is 0.412 e. The Kier molecular flexibility index (Phi) is 3.82. The monoisotopic (exact) mass is 178 g/mol. The third kappa shape index (κ3) is 3.60. The number of carbonyl (C=O) groups excluding carboxylic acids is 1. The molecule has 0 aliphatic carbocycles. The number of hydrogen-bond acceptors (Lipinski definition) is 2. The van der Waals surface area contributed by atoms with E-state index in [0.717, 1.165) is 0 Å². The number of hydrogen-bond donors (Lipinski definition) is 1. The van der Waals surface area contributed by atoms with E-state index in [9.17, 15) is 4.79 Å². The van der Waals surface area contributed by atoms with Crippen molar-refractivity contribution in [2.24, 2.45) is 0 Å². The fraction of sp³-hybridized carbons (Fsp3) is 0.200. The van der Waals surface area contributed by atoms with E-state index >= 15 is 0 Å². The second-order valence-electron chi connectivity index (χ2n) is 2.49. The lowest BCUT2D eigenvalue weighted by Crippen LogP contribution is -2.27. The maximum atomic E-state index is 11.0. The summed E-state index contributed by atoms with van der Waals surface area (Å²) in [5.74, 6) is 0.552. The molecule has 0 atom stereocenters. The van der Waals surface area contributed by atoms with E-state index in [1.165, 1.54) is 0 Å². The van der Waals surface area contributed by atoms with Crippen LogP contribution in [0.4, 0.5) is 4.79 Å². The Bertz CT molecular complexity index is 259. The number of rotatable bonds is 3. The van der Waals surface area contributed by atoms with E-state index in [0.29, 0.717) is 12.3 Å². The maximum absolute atomic E-state index is 11.0. The van der Waals surface area contributed by atoms with Gasteiger partial charge in [-0.1, -0.05) is 25.1 Å². The number of amides is 1. The predicted molar refractivity (Wildman–Crippen MR) is 50.4 cm³/mol. The van der Waals surface area contributed by atoms with Gasteiger partial charge in [0.25, 0.3) is 0 Å². The summed E-state index contributed by atoms with van der Waals surface area (Å²) in [5.41, 5.74) is 0. The predicted octanol–water partition coefficient (Wildman–Crippen LogP) is 2.00. The average Bonchev–Trinajstić information content (AvgIpc) is 2.16. The highest BCUT2D eigenvalue weighted by molar-refractivity contribution is 5.70. The van der Waals surface area contributed by atoms with Crippen LogP contribution in [-0.4, -0.2) is 12.6 Å². The minimum absolute atomic E-state index is 0.427. The van der Waals surface area contributed by atoms with Gasteiger partial charge in [0, 0.05) is 6.54 Å². The van der Waals surface area contributed by atoms with E-state index in [4.69, 9.17) is 4.74 Å². The van der Waals surface area contributed by atoms with Crippen molar-refractivity contribution < 1.29 is 9.53 Å². The third-order valence-corrected chi connectivity index (χ3v) is 1.40. The van der Waals surface area contributed by atoms with Crippen LogP contribution in [0.3, 0.4) is 0 Å².